The summed E-state index contributed by atoms with van der Waals surface area (Å²) in [5.41, 5.74) is 2.20. The van der Waals surface area contributed by atoms with Gasteiger partial charge in [0.15, 0.2) is 5.78 Å². The number of ketones is 1. The number of hydrogen-bond donors (Lipinski definition) is 0. The molecule has 0 unspecified atom stereocenters. The molecule has 4 heteroatoms. The fraction of sp³-hybridized carbons (Fsp3) is 0.263. The number of carbonyl (C=O) groups excluding carboxylic acids is 2. The minimum absolute atomic E-state index is 0.0566. The van der Waals surface area contributed by atoms with Crippen LogP contribution in [0.1, 0.15) is 36.7 Å². The van der Waals surface area contributed by atoms with E-state index in [0.29, 0.717) is 17.8 Å². The second-order valence-electron chi connectivity index (χ2n) is 5.92. The van der Waals surface area contributed by atoms with Gasteiger partial charge in [0.1, 0.15) is 0 Å². The maximum absolute atomic E-state index is 12.9. The second kappa shape index (κ2) is 7.09. The standard InChI is InChI=1S/C19H20BrNO2/c1-14(22)16-11-7-8-12-17(16)21(18(23)19(2,3)20)13-15-9-5-4-6-10-15/h4-12H,13H2,1-3H3. The second-order valence-corrected chi connectivity index (χ2v) is 7.91. The Hall–Kier alpha value is -1.94. The topological polar surface area (TPSA) is 37.4 Å². The van der Waals surface area contributed by atoms with E-state index in [9.17, 15) is 9.59 Å². The summed E-state index contributed by atoms with van der Waals surface area (Å²) >= 11 is 3.44. The van der Waals surface area contributed by atoms with Gasteiger partial charge in [-0.1, -0.05) is 58.4 Å². The molecule has 0 saturated heterocycles. The van der Waals surface area contributed by atoms with Crippen LogP contribution in [0.15, 0.2) is 54.6 Å². The summed E-state index contributed by atoms with van der Waals surface area (Å²) in [5, 5.41) is 0. The average molecular weight is 374 g/mol. The molecule has 2 aromatic rings. The van der Waals surface area contributed by atoms with Crippen LogP contribution >= 0.6 is 15.9 Å². The highest BCUT2D eigenvalue weighted by Crippen LogP contribution is 2.28. The van der Waals surface area contributed by atoms with E-state index in [0.717, 1.165) is 5.56 Å². The smallest absolute Gasteiger partial charge is 0.243 e. The number of rotatable bonds is 5. The van der Waals surface area contributed by atoms with E-state index in [2.05, 4.69) is 15.9 Å². The third-order valence-corrected chi connectivity index (χ3v) is 3.85. The summed E-state index contributed by atoms with van der Waals surface area (Å²) in [6, 6.07) is 17.0. The van der Waals surface area contributed by atoms with Crippen LogP contribution in [0.4, 0.5) is 5.69 Å². The first-order valence-corrected chi connectivity index (χ1v) is 8.25. The summed E-state index contributed by atoms with van der Waals surface area (Å²) < 4.78 is -0.717. The molecule has 0 atom stereocenters. The van der Waals surface area contributed by atoms with E-state index in [1.54, 1.807) is 11.0 Å². The number of hydrogen-bond acceptors (Lipinski definition) is 2. The maximum atomic E-state index is 12.9. The van der Waals surface area contributed by atoms with Crippen molar-refractivity contribution >= 4 is 33.3 Å². The largest absolute Gasteiger partial charge is 0.306 e. The lowest BCUT2D eigenvalue weighted by atomic mass is 10.1. The Bertz CT molecular complexity index is 705. The van der Waals surface area contributed by atoms with Gasteiger partial charge in [-0.05, 0) is 38.5 Å². The third-order valence-electron chi connectivity index (χ3n) is 3.51. The number of nitrogens with zero attached hydrogens (tertiary/aromatic N) is 1. The van der Waals surface area contributed by atoms with E-state index in [1.165, 1.54) is 6.92 Å². The van der Waals surface area contributed by atoms with Crippen LogP contribution in [0.3, 0.4) is 0 Å². The number of Topliss-reactive ketones (excluding diaryl/α,β-unsaturated/α-hetero) is 1. The number of benzene rings is 2. The molecule has 0 radical (unpaired) electrons. The lowest BCUT2D eigenvalue weighted by Gasteiger charge is -2.30. The van der Waals surface area contributed by atoms with Crippen molar-refractivity contribution in [2.45, 2.75) is 31.6 Å². The van der Waals surface area contributed by atoms with Crippen LogP contribution in [0.25, 0.3) is 0 Å². The van der Waals surface area contributed by atoms with E-state index in [-0.39, 0.29) is 11.7 Å². The van der Waals surface area contributed by atoms with E-state index >= 15 is 0 Å². The van der Waals surface area contributed by atoms with Gasteiger partial charge < -0.3 is 4.90 Å². The zero-order valence-electron chi connectivity index (χ0n) is 13.5. The highest BCUT2D eigenvalue weighted by atomic mass is 79.9. The van der Waals surface area contributed by atoms with Crippen molar-refractivity contribution in [3.05, 3.63) is 65.7 Å². The van der Waals surface area contributed by atoms with Crippen LogP contribution < -0.4 is 4.90 Å². The fourth-order valence-corrected chi connectivity index (χ4v) is 2.57. The van der Waals surface area contributed by atoms with Crippen molar-refractivity contribution in [1.29, 1.82) is 0 Å². The molecule has 0 N–H and O–H groups in total. The molecular weight excluding hydrogens is 354 g/mol. The Morgan fingerprint density at radius 1 is 1.00 bits per heavy atom. The highest BCUT2D eigenvalue weighted by molar-refractivity contribution is 9.10. The molecule has 1 amide bonds. The molecule has 0 aromatic heterocycles. The van der Waals surface area contributed by atoms with Crippen molar-refractivity contribution in [2.75, 3.05) is 4.90 Å². The zero-order chi connectivity index (χ0) is 17.0. The zero-order valence-corrected chi connectivity index (χ0v) is 15.1. The summed E-state index contributed by atoms with van der Waals surface area (Å²) in [7, 11) is 0. The number of alkyl halides is 1. The Kier molecular flexibility index (Phi) is 5.37. The average Bonchev–Trinajstić information content (AvgIpc) is 2.52. The van der Waals surface area contributed by atoms with E-state index in [4.69, 9.17) is 0 Å². The molecule has 0 spiro atoms. The van der Waals surface area contributed by atoms with Crippen LogP contribution in [-0.4, -0.2) is 16.0 Å². The summed E-state index contributed by atoms with van der Waals surface area (Å²) in [6.07, 6.45) is 0. The minimum atomic E-state index is -0.717. The van der Waals surface area contributed by atoms with Gasteiger partial charge in [0.05, 0.1) is 16.6 Å². The van der Waals surface area contributed by atoms with Crippen LogP contribution in [-0.2, 0) is 11.3 Å². The number of halogens is 1. The molecule has 0 aliphatic heterocycles. The van der Waals surface area contributed by atoms with Gasteiger partial charge in [0, 0.05) is 5.56 Å². The van der Waals surface area contributed by atoms with Crippen LogP contribution in [0, 0.1) is 0 Å². The maximum Gasteiger partial charge on any atom is 0.243 e. The first kappa shape index (κ1) is 17.4. The molecule has 120 valence electrons. The van der Waals surface area contributed by atoms with Crippen molar-refractivity contribution in [3.8, 4) is 0 Å². The number of para-hydroxylation sites is 1. The molecule has 0 aliphatic carbocycles. The van der Waals surface area contributed by atoms with Gasteiger partial charge in [0.25, 0.3) is 0 Å². The molecule has 0 fully saturated rings. The predicted molar refractivity (Wildman–Crippen MR) is 97.1 cm³/mol. The molecule has 0 saturated carbocycles. The minimum Gasteiger partial charge on any atom is -0.306 e. The van der Waals surface area contributed by atoms with Gasteiger partial charge in [-0.15, -0.1) is 0 Å². The predicted octanol–water partition coefficient (Wildman–Crippen LogP) is 4.60. The highest BCUT2D eigenvalue weighted by Gasteiger charge is 2.31. The molecule has 0 bridgehead atoms. The first-order valence-electron chi connectivity index (χ1n) is 7.45. The van der Waals surface area contributed by atoms with Crippen molar-refractivity contribution in [3.63, 3.8) is 0 Å². The van der Waals surface area contributed by atoms with Gasteiger partial charge in [0.2, 0.25) is 5.91 Å². The van der Waals surface area contributed by atoms with Crippen LogP contribution in [0.5, 0.6) is 0 Å². The molecule has 0 aliphatic rings. The summed E-state index contributed by atoms with van der Waals surface area (Å²) in [4.78, 5) is 26.5. The molecular formula is C19H20BrNO2. The third kappa shape index (κ3) is 4.29. The summed E-state index contributed by atoms with van der Waals surface area (Å²) in [5.74, 6) is -0.145. The van der Waals surface area contributed by atoms with Crippen molar-refractivity contribution < 1.29 is 9.59 Å². The Balaban J connectivity index is 2.50. The lowest BCUT2D eigenvalue weighted by Crippen LogP contribution is -2.42. The van der Waals surface area contributed by atoms with E-state index < -0.39 is 4.32 Å². The van der Waals surface area contributed by atoms with Crippen molar-refractivity contribution in [1.82, 2.24) is 0 Å². The SMILES string of the molecule is CC(=O)c1ccccc1N(Cc1ccccc1)C(=O)C(C)(C)Br. The number of amides is 1. The monoisotopic (exact) mass is 373 g/mol. The fourth-order valence-electron chi connectivity index (χ4n) is 2.36. The van der Waals surface area contributed by atoms with Gasteiger partial charge in [-0.3, -0.25) is 9.59 Å². The van der Waals surface area contributed by atoms with Gasteiger partial charge in [-0.25, -0.2) is 0 Å². The quantitative estimate of drug-likeness (QED) is 0.567. The Morgan fingerprint density at radius 3 is 2.13 bits per heavy atom. The van der Waals surface area contributed by atoms with Crippen LogP contribution in [0.2, 0.25) is 0 Å². The molecule has 2 rings (SSSR count). The molecule has 23 heavy (non-hydrogen) atoms. The lowest BCUT2D eigenvalue weighted by molar-refractivity contribution is -0.120. The molecule has 0 heterocycles. The summed E-state index contributed by atoms with van der Waals surface area (Å²) in [6.45, 7) is 5.55. The van der Waals surface area contributed by atoms with Gasteiger partial charge in [-0.2, -0.15) is 0 Å². The molecule has 2 aromatic carbocycles. The van der Waals surface area contributed by atoms with Crippen molar-refractivity contribution in [2.24, 2.45) is 0 Å². The number of anilines is 1. The van der Waals surface area contributed by atoms with E-state index in [1.807, 2.05) is 62.4 Å². The first-order chi connectivity index (χ1) is 10.8. The number of carbonyl (C=O) groups is 2. The van der Waals surface area contributed by atoms with Gasteiger partial charge >= 0.3 is 0 Å². The molecule has 3 nitrogen and oxygen atoms in total. The Labute approximate surface area is 145 Å². The normalized spacial score (nSPS) is 11.1. The Morgan fingerprint density at radius 2 is 1.57 bits per heavy atom.